The first-order valence-corrected chi connectivity index (χ1v) is 8.80. The molecule has 0 bridgehead atoms. The zero-order valence-electron chi connectivity index (χ0n) is 12.4. The van der Waals surface area contributed by atoms with Gasteiger partial charge in [-0.3, -0.25) is 0 Å². The minimum Gasteiger partial charge on any atom is -0.495 e. The van der Waals surface area contributed by atoms with Gasteiger partial charge in [-0.1, -0.05) is 0 Å². The topological polar surface area (TPSA) is 58.6 Å². The third kappa shape index (κ3) is 4.15. The minimum absolute atomic E-state index is 0.0767. The van der Waals surface area contributed by atoms with Crippen LogP contribution >= 0.6 is 0 Å². The first-order chi connectivity index (χ1) is 9.91. The molecule has 0 aromatic heterocycles. The van der Waals surface area contributed by atoms with Crippen molar-refractivity contribution in [1.82, 2.24) is 10.2 Å². The maximum atomic E-state index is 14.1. The van der Waals surface area contributed by atoms with E-state index in [1.54, 1.807) is 6.07 Å². The summed E-state index contributed by atoms with van der Waals surface area (Å²) in [4.78, 5) is 1.93. The van der Waals surface area contributed by atoms with Gasteiger partial charge >= 0.3 is 0 Å². The highest BCUT2D eigenvalue weighted by Crippen LogP contribution is 2.28. The van der Waals surface area contributed by atoms with Crippen molar-refractivity contribution in [2.24, 2.45) is 0 Å². The Labute approximate surface area is 125 Å². The van der Waals surface area contributed by atoms with Crippen LogP contribution in [-0.4, -0.2) is 59.4 Å². The lowest BCUT2D eigenvalue weighted by atomic mass is 10.1. The Balaban J connectivity index is 2.16. The Hall–Kier alpha value is -1.18. The van der Waals surface area contributed by atoms with Crippen LogP contribution in [0.4, 0.5) is 4.39 Å². The number of piperazine rings is 1. The second-order valence-electron chi connectivity index (χ2n) is 5.22. The van der Waals surface area contributed by atoms with Crippen LogP contribution < -0.4 is 10.1 Å². The number of hydrogen-bond acceptors (Lipinski definition) is 5. The number of nitrogens with one attached hydrogen (secondary N) is 1. The Morgan fingerprint density at radius 2 is 2.00 bits per heavy atom. The fourth-order valence-electron chi connectivity index (χ4n) is 2.50. The molecule has 0 unspecified atom stereocenters. The average molecular weight is 316 g/mol. The van der Waals surface area contributed by atoms with Crippen molar-refractivity contribution in [2.45, 2.75) is 11.3 Å². The summed E-state index contributed by atoms with van der Waals surface area (Å²) in [5.74, 6) is -0.667. The predicted molar refractivity (Wildman–Crippen MR) is 79.1 cm³/mol. The van der Waals surface area contributed by atoms with Crippen molar-refractivity contribution in [2.75, 3.05) is 46.1 Å². The molecule has 0 amide bonds. The number of benzene rings is 1. The molecule has 0 radical (unpaired) electrons. The zero-order chi connectivity index (χ0) is 15.5. The molecule has 1 aliphatic heterocycles. The van der Waals surface area contributed by atoms with Crippen LogP contribution in [0.15, 0.2) is 17.0 Å². The summed E-state index contributed by atoms with van der Waals surface area (Å²) in [5, 5.41) is 3.28. The maximum Gasteiger partial charge on any atom is 0.182 e. The normalized spacial score (nSPS) is 16.9. The molecule has 1 saturated heterocycles. The Morgan fingerprint density at radius 1 is 1.33 bits per heavy atom. The standard InChI is InChI=1S/C14H21FN2O3S/c1-20-13-10-11(3-6-17-7-4-16-5-8-17)9-12(15)14(13)21(2,18)19/h9-10,16H,3-8H2,1-2H3. The van der Waals surface area contributed by atoms with Crippen molar-refractivity contribution < 1.29 is 17.5 Å². The van der Waals surface area contributed by atoms with Crippen LogP contribution in [0.3, 0.4) is 0 Å². The van der Waals surface area contributed by atoms with E-state index in [9.17, 15) is 12.8 Å². The molecule has 1 fully saturated rings. The third-order valence-corrected chi connectivity index (χ3v) is 4.72. The summed E-state index contributed by atoms with van der Waals surface area (Å²) in [5.41, 5.74) is 0.746. The highest BCUT2D eigenvalue weighted by Gasteiger charge is 2.21. The van der Waals surface area contributed by atoms with Crippen LogP contribution in [0.2, 0.25) is 0 Å². The van der Waals surface area contributed by atoms with Crippen molar-refractivity contribution >= 4 is 9.84 Å². The molecule has 1 aromatic carbocycles. The number of ether oxygens (including phenoxy) is 1. The van der Waals surface area contributed by atoms with Gasteiger partial charge in [-0.2, -0.15) is 0 Å². The third-order valence-electron chi connectivity index (χ3n) is 3.59. The number of methoxy groups -OCH3 is 1. The van der Waals surface area contributed by atoms with Crippen LogP contribution in [-0.2, 0) is 16.3 Å². The van der Waals surface area contributed by atoms with Gasteiger partial charge in [-0.15, -0.1) is 0 Å². The molecule has 0 saturated carbocycles. The number of sulfone groups is 1. The van der Waals surface area contributed by atoms with Gasteiger partial charge in [0.2, 0.25) is 0 Å². The van der Waals surface area contributed by atoms with E-state index < -0.39 is 15.7 Å². The highest BCUT2D eigenvalue weighted by molar-refractivity contribution is 7.90. The van der Waals surface area contributed by atoms with Gasteiger partial charge in [0, 0.05) is 39.0 Å². The van der Waals surface area contributed by atoms with E-state index in [0.717, 1.165) is 44.5 Å². The van der Waals surface area contributed by atoms with E-state index in [4.69, 9.17) is 4.74 Å². The second-order valence-corrected chi connectivity index (χ2v) is 7.18. The van der Waals surface area contributed by atoms with Gasteiger partial charge in [0.05, 0.1) is 7.11 Å². The quantitative estimate of drug-likeness (QED) is 0.866. The minimum atomic E-state index is -3.65. The van der Waals surface area contributed by atoms with Crippen LogP contribution in [0.1, 0.15) is 5.56 Å². The highest BCUT2D eigenvalue weighted by atomic mass is 32.2. The molecule has 0 spiro atoms. The number of nitrogens with zero attached hydrogens (tertiary/aromatic N) is 1. The van der Waals surface area contributed by atoms with Crippen molar-refractivity contribution in [3.05, 3.63) is 23.5 Å². The monoisotopic (exact) mass is 316 g/mol. The molecule has 2 rings (SSSR count). The molecule has 21 heavy (non-hydrogen) atoms. The van der Waals surface area contributed by atoms with Crippen molar-refractivity contribution in [3.63, 3.8) is 0 Å². The first kappa shape index (κ1) is 16.2. The molecule has 5 nitrogen and oxygen atoms in total. The van der Waals surface area contributed by atoms with Crippen LogP contribution in [0.5, 0.6) is 5.75 Å². The maximum absolute atomic E-state index is 14.1. The zero-order valence-corrected chi connectivity index (χ0v) is 13.2. The lowest BCUT2D eigenvalue weighted by molar-refractivity contribution is 0.243. The van der Waals surface area contributed by atoms with E-state index >= 15 is 0 Å². The SMILES string of the molecule is COc1cc(CCN2CCNCC2)cc(F)c1S(C)(=O)=O. The fourth-order valence-corrected chi connectivity index (χ4v) is 3.42. The molecule has 118 valence electrons. The largest absolute Gasteiger partial charge is 0.495 e. The van der Waals surface area contributed by atoms with E-state index in [1.165, 1.54) is 13.2 Å². The van der Waals surface area contributed by atoms with Gasteiger partial charge in [-0.25, -0.2) is 12.8 Å². The molecule has 1 aliphatic rings. The Morgan fingerprint density at radius 3 is 2.57 bits per heavy atom. The van der Waals surface area contributed by atoms with Crippen LogP contribution in [0, 0.1) is 5.82 Å². The molecule has 7 heteroatoms. The lowest BCUT2D eigenvalue weighted by Gasteiger charge is -2.27. The molecule has 0 atom stereocenters. The second kappa shape index (κ2) is 6.72. The number of halogens is 1. The Kier molecular flexibility index (Phi) is 5.18. The van der Waals surface area contributed by atoms with Crippen molar-refractivity contribution in [1.29, 1.82) is 0 Å². The summed E-state index contributed by atoms with van der Waals surface area (Å²) in [7, 11) is -2.30. The Bertz CT molecular complexity index is 598. The molecule has 1 aromatic rings. The molecular weight excluding hydrogens is 295 g/mol. The van der Waals surface area contributed by atoms with E-state index in [0.29, 0.717) is 6.42 Å². The molecule has 1 N–H and O–H groups in total. The van der Waals surface area contributed by atoms with Crippen LogP contribution in [0.25, 0.3) is 0 Å². The molecule has 1 heterocycles. The summed E-state index contributed by atoms with van der Waals surface area (Å²) in [6.07, 6.45) is 1.64. The first-order valence-electron chi connectivity index (χ1n) is 6.91. The van der Waals surface area contributed by atoms with E-state index in [1.807, 2.05) is 0 Å². The predicted octanol–water partition coefficient (Wildman–Crippen LogP) is 0.686. The molecular formula is C14H21FN2O3S. The molecule has 0 aliphatic carbocycles. The summed E-state index contributed by atoms with van der Waals surface area (Å²) < 4.78 is 42.3. The van der Waals surface area contributed by atoms with Gasteiger partial charge in [0.25, 0.3) is 0 Å². The van der Waals surface area contributed by atoms with Gasteiger partial charge < -0.3 is 15.0 Å². The number of hydrogen-bond donors (Lipinski definition) is 1. The van der Waals surface area contributed by atoms with Gasteiger partial charge in [0.15, 0.2) is 9.84 Å². The van der Waals surface area contributed by atoms with E-state index in [2.05, 4.69) is 10.2 Å². The lowest BCUT2D eigenvalue weighted by Crippen LogP contribution is -2.44. The summed E-state index contributed by atoms with van der Waals surface area (Å²) in [6.45, 7) is 4.69. The number of rotatable bonds is 5. The van der Waals surface area contributed by atoms with Crippen molar-refractivity contribution in [3.8, 4) is 5.75 Å². The fraction of sp³-hybridized carbons (Fsp3) is 0.571. The smallest absolute Gasteiger partial charge is 0.182 e. The van der Waals surface area contributed by atoms with Gasteiger partial charge in [0.1, 0.15) is 16.5 Å². The average Bonchev–Trinajstić information content (AvgIpc) is 2.44. The summed E-state index contributed by atoms with van der Waals surface area (Å²) >= 11 is 0. The summed E-state index contributed by atoms with van der Waals surface area (Å²) in [6, 6.07) is 2.91. The van der Waals surface area contributed by atoms with E-state index in [-0.39, 0.29) is 10.6 Å². The van der Waals surface area contributed by atoms with Gasteiger partial charge in [-0.05, 0) is 24.1 Å².